The van der Waals surface area contributed by atoms with Crippen LogP contribution in [0.2, 0.25) is 10.0 Å². The summed E-state index contributed by atoms with van der Waals surface area (Å²) in [7, 11) is 0. The lowest BCUT2D eigenvalue weighted by Crippen LogP contribution is -2.28. The highest BCUT2D eigenvalue weighted by Gasteiger charge is 2.15. The van der Waals surface area contributed by atoms with Gasteiger partial charge in [-0.1, -0.05) is 23.2 Å². The quantitative estimate of drug-likeness (QED) is 0.656. The molecule has 18 heavy (non-hydrogen) atoms. The monoisotopic (exact) mass is 286 g/mol. The predicted octanol–water partition coefficient (Wildman–Crippen LogP) is 0.875. The molecule has 0 bridgehead atoms. The van der Waals surface area contributed by atoms with Gasteiger partial charge in [0.1, 0.15) is 23.2 Å². The van der Waals surface area contributed by atoms with Crippen molar-refractivity contribution in [3.63, 3.8) is 0 Å². The number of ketones is 1. The van der Waals surface area contributed by atoms with Crippen molar-refractivity contribution in [2.24, 2.45) is 5.73 Å². The van der Waals surface area contributed by atoms with E-state index >= 15 is 0 Å². The average molecular weight is 287 g/mol. The van der Waals surface area contributed by atoms with Crippen LogP contribution >= 0.6 is 23.2 Å². The maximum absolute atomic E-state index is 11.7. The fourth-order valence-corrected chi connectivity index (χ4v) is 1.41. The van der Waals surface area contributed by atoms with Crippen LogP contribution in [0.1, 0.15) is 6.92 Å². The Hall–Kier alpha value is -1.84. The molecule has 6 nitrogen and oxygen atoms in total. The van der Waals surface area contributed by atoms with Gasteiger partial charge in [0.05, 0.1) is 11.2 Å². The van der Waals surface area contributed by atoms with Crippen molar-refractivity contribution in [3.8, 4) is 6.07 Å². The van der Waals surface area contributed by atoms with Crippen molar-refractivity contribution in [2.75, 3.05) is 0 Å². The van der Waals surface area contributed by atoms with E-state index in [0.29, 0.717) is 0 Å². The minimum atomic E-state index is -0.704. The standard InChI is InChI=1S/C10H8Cl2N4O2/c1-5(14)6(2-13)8(17)4-16-10(18)9(12)7(11)3-15-16/h3H,4,14H2,1H3/b6-5+. The Balaban J connectivity index is 3.12. The zero-order valence-corrected chi connectivity index (χ0v) is 10.8. The number of hydrogen-bond donors (Lipinski definition) is 1. The van der Waals surface area contributed by atoms with Crippen LogP contribution in [-0.4, -0.2) is 15.6 Å². The van der Waals surface area contributed by atoms with Crippen molar-refractivity contribution in [2.45, 2.75) is 13.5 Å². The topological polar surface area (TPSA) is 102 Å². The van der Waals surface area contributed by atoms with Gasteiger partial charge in [0.25, 0.3) is 5.56 Å². The van der Waals surface area contributed by atoms with Gasteiger partial charge in [-0.3, -0.25) is 9.59 Å². The number of carbonyl (C=O) groups excluding carboxylic acids is 1. The van der Waals surface area contributed by atoms with Gasteiger partial charge in [-0.15, -0.1) is 0 Å². The summed E-state index contributed by atoms with van der Waals surface area (Å²) in [5.41, 5.74) is 4.54. The fourth-order valence-electron chi connectivity index (χ4n) is 1.14. The zero-order chi connectivity index (χ0) is 13.9. The number of aromatic nitrogens is 2. The minimum Gasteiger partial charge on any atom is -0.401 e. The summed E-state index contributed by atoms with van der Waals surface area (Å²) in [5.74, 6) is -0.620. The normalized spacial score (nSPS) is 11.7. The van der Waals surface area contributed by atoms with E-state index in [2.05, 4.69) is 5.10 Å². The Morgan fingerprint density at radius 3 is 2.72 bits per heavy atom. The van der Waals surface area contributed by atoms with E-state index in [9.17, 15) is 9.59 Å². The first-order valence-electron chi connectivity index (χ1n) is 4.69. The minimum absolute atomic E-state index is 0.00331. The fraction of sp³-hybridized carbons (Fsp3) is 0.200. The molecule has 1 heterocycles. The molecule has 8 heteroatoms. The lowest BCUT2D eigenvalue weighted by molar-refractivity contribution is -0.116. The van der Waals surface area contributed by atoms with Crippen LogP contribution < -0.4 is 11.3 Å². The first-order valence-corrected chi connectivity index (χ1v) is 5.44. The van der Waals surface area contributed by atoms with Crippen molar-refractivity contribution >= 4 is 29.0 Å². The van der Waals surface area contributed by atoms with E-state index < -0.39 is 17.9 Å². The Morgan fingerprint density at radius 2 is 2.22 bits per heavy atom. The van der Waals surface area contributed by atoms with Crippen LogP contribution in [0.5, 0.6) is 0 Å². The van der Waals surface area contributed by atoms with Gasteiger partial charge < -0.3 is 5.73 Å². The third kappa shape index (κ3) is 2.88. The Labute approximate surface area is 112 Å². The second-order valence-electron chi connectivity index (χ2n) is 3.36. The van der Waals surface area contributed by atoms with E-state index in [0.717, 1.165) is 10.9 Å². The van der Waals surface area contributed by atoms with Crippen LogP contribution in [-0.2, 0) is 11.3 Å². The van der Waals surface area contributed by atoms with Gasteiger partial charge in [0, 0.05) is 5.70 Å². The summed E-state index contributed by atoms with van der Waals surface area (Å²) in [6.45, 7) is 0.995. The summed E-state index contributed by atoms with van der Waals surface area (Å²) in [6, 6.07) is 1.67. The molecule has 2 N–H and O–H groups in total. The van der Waals surface area contributed by atoms with Gasteiger partial charge in [-0.25, -0.2) is 4.68 Å². The number of allylic oxidation sites excluding steroid dienone is 2. The van der Waals surface area contributed by atoms with Gasteiger partial charge in [0.2, 0.25) is 0 Å². The van der Waals surface area contributed by atoms with Gasteiger partial charge in [-0.2, -0.15) is 10.4 Å². The van der Waals surface area contributed by atoms with Gasteiger partial charge in [-0.05, 0) is 6.92 Å². The third-order valence-electron chi connectivity index (χ3n) is 2.02. The van der Waals surface area contributed by atoms with Crippen molar-refractivity contribution in [1.82, 2.24) is 9.78 Å². The van der Waals surface area contributed by atoms with E-state index in [1.165, 1.54) is 6.92 Å². The summed E-state index contributed by atoms with van der Waals surface area (Å²) < 4.78 is 0.816. The van der Waals surface area contributed by atoms with Crippen molar-refractivity contribution in [1.29, 1.82) is 5.26 Å². The van der Waals surface area contributed by atoms with E-state index in [-0.39, 0.29) is 21.3 Å². The van der Waals surface area contributed by atoms with Crippen LogP contribution in [0.4, 0.5) is 0 Å². The molecule has 0 amide bonds. The highest BCUT2D eigenvalue weighted by Crippen LogP contribution is 2.14. The largest absolute Gasteiger partial charge is 0.401 e. The molecule has 0 atom stereocenters. The van der Waals surface area contributed by atoms with Crippen LogP contribution in [0.15, 0.2) is 22.3 Å². The maximum Gasteiger partial charge on any atom is 0.287 e. The summed E-state index contributed by atoms with van der Waals surface area (Å²) in [4.78, 5) is 23.3. The van der Waals surface area contributed by atoms with Gasteiger partial charge in [0.15, 0.2) is 5.78 Å². The second-order valence-corrected chi connectivity index (χ2v) is 4.15. The molecular formula is C10H8Cl2N4O2. The summed E-state index contributed by atoms with van der Waals surface area (Å²) in [5, 5.41) is 12.2. The van der Waals surface area contributed by atoms with Crippen molar-refractivity contribution < 1.29 is 4.79 Å². The number of nitriles is 1. The third-order valence-corrected chi connectivity index (χ3v) is 2.77. The number of rotatable bonds is 3. The Morgan fingerprint density at radius 1 is 1.61 bits per heavy atom. The average Bonchev–Trinajstić information content (AvgIpc) is 2.30. The molecule has 0 fully saturated rings. The number of hydrogen-bond acceptors (Lipinski definition) is 5. The van der Waals surface area contributed by atoms with Crippen LogP contribution in [0.25, 0.3) is 0 Å². The number of nitrogens with zero attached hydrogens (tertiary/aromatic N) is 3. The molecule has 0 radical (unpaired) electrons. The van der Waals surface area contributed by atoms with E-state index in [1.807, 2.05) is 0 Å². The molecule has 94 valence electrons. The Kier molecular flexibility index (Phi) is 4.48. The number of Topliss-reactive ketones (excluding diaryl/α,β-unsaturated/α-hetero) is 1. The first kappa shape index (κ1) is 14.2. The molecule has 1 aromatic rings. The smallest absolute Gasteiger partial charge is 0.287 e. The molecule has 0 saturated heterocycles. The number of nitrogens with two attached hydrogens (primary N) is 1. The predicted molar refractivity (Wildman–Crippen MR) is 66.0 cm³/mol. The van der Waals surface area contributed by atoms with E-state index in [1.54, 1.807) is 6.07 Å². The lowest BCUT2D eigenvalue weighted by atomic mass is 10.1. The molecule has 0 saturated carbocycles. The Bertz CT molecular complexity index is 624. The lowest BCUT2D eigenvalue weighted by Gasteiger charge is -2.04. The second kappa shape index (κ2) is 5.67. The molecule has 0 unspecified atom stereocenters. The number of carbonyl (C=O) groups is 1. The molecule has 1 rings (SSSR count). The highest BCUT2D eigenvalue weighted by atomic mass is 35.5. The highest BCUT2D eigenvalue weighted by molar-refractivity contribution is 6.41. The molecule has 1 aromatic heterocycles. The molecule has 0 aromatic carbocycles. The van der Waals surface area contributed by atoms with Crippen LogP contribution in [0, 0.1) is 11.3 Å². The maximum atomic E-state index is 11.7. The molecule has 0 spiro atoms. The van der Waals surface area contributed by atoms with Crippen LogP contribution in [0.3, 0.4) is 0 Å². The SMILES string of the molecule is C/C(N)=C(/C#N)C(=O)Cn1ncc(Cl)c(Cl)c1=O. The molecular weight excluding hydrogens is 279 g/mol. The molecule has 0 aliphatic heterocycles. The summed E-state index contributed by atoms with van der Waals surface area (Å²) >= 11 is 11.2. The molecule has 0 aliphatic rings. The van der Waals surface area contributed by atoms with E-state index in [4.69, 9.17) is 34.2 Å². The summed E-state index contributed by atoms with van der Waals surface area (Å²) in [6.07, 6.45) is 1.14. The zero-order valence-electron chi connectivity index (χ0n) is 9.28. The van der Waals surface area contributed by atoms with Gasteiger partial charge >= 0.3 is 0 Å². The number of halogens is 2. The first-order chi connectivity index (χ1) is 8.38. The molecule has 0 aliphatic carbocycles. The van der Waals surface area contributed by atoms with Crippen molar-refractivity contribution in [3.05, 3.63) is 37.9 Å².